The fraction of sp³-hybridized carbons (Fsp3) is 0.200. The normalized spacial score (nSPS) is 13.4. The number of hydrogen-bond donors (Lipinski definition) is 2. The summed E-state index contributed by atoms with van der Waals surface area (Å²) in [6, 6.07) is 14.9. The average molecular weight is 416 g/mol. The van der Waals surface area contributed by atoms with Gasteiger partial charge in [0.1, 0.15) is 6.54 Å². The number of carbonyl (C=O) groups excluding carboxylic acids is 1. The Morgan fingerprint density at radius 2 is 1.89 bits per heavy atom. The Balaban J connectivity index is 1.55. The van der Waals surface area contributed by atoms with E-state index in [4.69, 9.17) is 11.6 Å². The lowest BCUT2D eigenvalue weighted by Crippen LogP contribution is -2.40. The number of amides is 2. The molecule has 2 N–H and O–H groups in total. The second kappa shape index (κ2) is 7.77. The molecule has 1 aliphatic heterocycles. The van der Waals surface area contributed by atoms with Crippen molar-refractivity contribution in [3.8, 4) is 0 Å². The Bertz CT molecular complexity index is 1070. The van der Waals surface area contributed by atoms with Crippen LogP contribution in [0.15, 0.2) is 53.4 Å². The fourth-order valence-corrected chi connectivity index (χ4v) is 4.47. The van der Waals surface area contributed by atoms with Crippen LogP contribution in [-0.2, 0) is 24.3 Å². The molecule has 1 aliphatic rings. The molecule has 0 fully saturated rings. The van der Waals surface area contributed by atoms with Crippen LogP contribution in [0.1, 0.15) is 11.3 Å². The highest BCUT2D eigenvalue weighted by Gasteiger charge is 2.27. The second-order valence-corrected chi connectivity index (χ2v) is 7.79. The zero-order valence-corrected chi connectivity index (χ0v) is 16.5. The molecule has 0 saturated heterocycles. The van der Waals surface area contributed by atoms with Crippen molar-refractivity contribution in [1.82, 2.24) is 14.2 Å². The summed E-state index contributed by atoms with van der Waals surface area (Å²) in [5.74, 6) is -0.875. The third-order valence-electron chi connectivity index (χ3n) is 4.83. The van der Waals surface area contributed by atoms with Crippen molar-refractivity contribution < 1.29 is 14.7 Å². The molecule has 8 heteroatoms. The van der Waals surface area contributed by atoms with Gasteiger partial charge in [-0.05, 0) is 30.1 Å². The van der Waals surface area contributed by atoms with E-state index >= 15 is 0 Å². The number of halogens is 1. The van der Waals surface area contributed by atoms with E-state index in [2.05, 4.69) is 4.72 Å². The summed E-state index contributed by atoms with van der Waals surface area (Å²) in [5, 5.41) is 10.9. The van der Waals surface area contributed by atoms with Crippen LogP contribution in [-0.4, -0.2) is 33.1 Å². The number of nitrogens with zero attached hydrogens (tertiary/aromatic N) is 2. The van der Waals surface area contributed by atoms with E-state index in [9.17, 15) is 14.7 Å². The first-order valence-corrected chi connectivity index (χ1v) is 10.0. The molecule has 0 atom stereocenters. The predicted molar refractivity (Wildman–Crippen MR) is 110 cm³/mol. The summed E-state index contributed by atoms with van der Waals surface area (Å²) in [4.78, 5) is 26.5. The maximum Gasteiger partial charge on any atom is 0.327 e. The first-order chi connectivity index (χ1) is 13.5. The van der Waals surface area contributed by atoms with Gasteiger partial charge in [-0.2, -0.15) is 0 Å². The summed E-state index contributed by atoms with van der Waals surface area (Å²) in [6.45, 7) is 0.889. The van der Waals surface area contributed by atoms with Crippen LogP contribution in [0.25, 0.3) is 10.9 Å². The number of carboxylic acid groups (broad SMARTS) is 1. The summed E-state index contributed by atoms with van der Waals surface area (Å²) in [6.07, 6.45) is 0.613. The lowest BCUT2D eigenvalue weighted by atomic mass is 10.0. The first-order valence-electron chi connectivity index (χ1n) is 8.81. The van der Waals surface area contributed by atoms with E-state index in [0.717, 1.165) is 27.1 Å². The monoisotopic (exact) mass is 415 g/mol. The van der Waals surface area contributed by atoms with E-state index in [1.54, 1.807) is 11.0 Å². The number of urea groups is 1. The first kappa shape index (κ1) is 18.7. The number of benzene rings is 2. The van der Waals surface area contributed by atoms with Crippen molar-refractivity contribution in [2.45, 2.75) is 24.4 Å². The van der Waals surface area contributed by atoms with Crippen molar-refractivity contribution in [3.05, 3.63) is 64.8 Å². The molecule has 28 heavy (non-hydrogen) atoms. The summed E-state index contributed by atoms with van der Waals surface area (Å²) in [5.41, 5.74) is 2.90. The number of aliphatic carboxylic acids is 1. The molecular formula is C20H18ClN3O3S. The number of carbonyl (C=O) groups is 2. The van der Waals surface area contributed by atoms with Gasteiger partial charge in [0.05, 0.1) is 5.02 Å². The highest BCUT2D eigenvalue weighted by Crippen LogP contribution is 2.31. The average Bonchev–Trinajstić information content (AvgIpc) is 3.00. The van der Waals surface area contributed by atoms with Crippen LogP contribution in [0, 0.1) is 0 Å². The van der Waals surface area contributed by atoms with Gasteiger partial charge >= 0.3 is 12.0 Å². The lowest BCUT2D eigenvalue weighted by molar-refractivity contribution is -0.137. The molecule has 2 heterocycles. The van der Waals surface area contributed by atoms with Crippen molar-refractivity contribution in [3.63, 3.8) is 0 Å². The minimum atomic E-state index is -0.875. The molecule has 6 nitrogen and oxygen atoms in total. The van der Waals surface area contributed by atoms with E-state index < -0.39 is 5.97 Å². The molecule has 1 aromatic heterocycles. The Kier molecular flexibility index (Phi) is 5.19. The molecule has 2 amide bonds. The Labute approximate surface area is 171 Å². The third-order valence-corrected chi connectivity index (χ3v) is 6.12. The standard InChI is InChI=1S/C20H18ClN3O3S/c21-15-6-2-4-8-18(15)28-22-20(27)23-10-9-17-14(11-23)13-5-1-3-7-16(13)24(17)12-19(25)26/h1-8H,9-12H2,(H,22,27)(H,25,26). The number of carboxylic acids is 1. The van der Waals surface area contributed by atoms with Crippen LogP contribution in [0.2, 0.25) is 5.02 Å². The predicted octanol–water partition coefficient (Wildman–Crippen LogP) is 4.15. The summed E-state index contributed by atoms with van der Waals surface area (Å²) >= 11 is 7.32. The van der Waals surface area contributed by atoms with Gasteiger partial charge in [-0.3, -0.25) is 9.52 Å². The zero-order valence-electron chi connectivity index (χ0n) is 14.9. The second-order valence-electron chi connectivity index (χ2n) is 6.53. The molecule has 0 radical (unpaired) electrons. The van der Waals surface area contributed by atoms with Crippen LogP contribution < -0.4 is 4.72 Å². The molecule has 0 saturated carbocycles. The van der Waals surface area contributed by atoms with Crippen LogP contribution >= 0.6 is 23.5 Å². The molecule has 2 aromatic carbocycles. The summed E-state index contributed by atoms with van der Waals surface area (Å²) < 4.78 is 4.69. The van der Waals surface area contributed by atoms with Gasteiger partial charge in [-0.1, -0.05) is 41.9 Å². The maximum atomic E-state index is 12.7. The Hall–Kier alpha value is -2.64. The van der Waals surface area contributed by atoms with Gasteiger partial charge in [0.15, 0.2) is 0 Å². The number of aromatic nitrogens is 1. The molecule has 0 unspecified atom stereocenters. The van der Waals surface area contributed by atoms with Crippen molar-refractivity contribution in [2.75, 3.05) is 6.54 Å². The number of fused-ring (bicyclic) bond motifs is 3. The van der Waals surface area contributed by atoms with Gasteiger partial charge in [0.2, 0.25) is 0 Å². The SMILES string of the molecule is O=C(O)Cn1c2c(c3ccccc31)CN(C(=O)NSc1ccccc1Cl)CC2. The Morgan fingerprint density at radius 1 is 1.14 bits per heavy atom. The molecular weight excluding hydrogens is 398 g/mol. The van der Waals surface area contributed by atoms with Crippen LogP contribution in [0.5, 0.6) is 0 Å². The largest absolute Gasteiger partial charge is 0.480 e. The molecule has 3 aromatic rings. The van der Waals surface area contributed by atoms with Gasteiger partial charge < -0.3 is 14.6 Å². The van der Waals surface area contributed by atoms with Crippen molar-refractivity contribution in [1.29, 1.82) is 0 Å². The van der Waals surface area contributed by atoms with E-state index in [-0.39, 0.29) is 12.6 Å². The van der Waals surface area contributed by atoms with Gasteiger partial charge in [0.25, 0.3) is 0 Å². The van der Waals surface area contributed by atoms with Crippen LogP contribution in [0.4, 0.5) is 4.79 Å². The van der Waals surface area contributed by atoms with E-state index in [1.165, 1.54) is 11.9 Å². The smallest absolute Gasteiger partial charge is 0.327 e. The van der Waals surface area contributed by atoms with E-state index in [0.29, 0.717) is 24.5 Å². The number of hydrogen-bond acceptors (Lipinski definition) is 3. The molecule has 0 aliphatic carbocycles. The van der Waals surface area contributed by atoms with Gasteiger partial charge in [-0.25, -0.2) is 4.79 Å². The van der Waals surface area contributed by atoms with E-state index in [1.807, 2.05) is 47.0 Å². The van der Waals surface area contributed by atoms with Gasteiger partial charge in [0, 0.05) is 46.6 Å². The minimum Gasteiger partial charge on any atom is -0.480 e. The molecule has 4 rings (SSSR count). The molecule has 0 spiro atoms. The lowest BCUT2D eigenvalue weighted by Gasteiger charge is -2.28. The molecule has 0 bridgehead atoms. The topological polar surface area (TPSA) is 74.6 Å². The number of para-hydroxylation sites is 1. The maximum absolute atomic E-state index is 12.7. The Morgan fingerprint density at radius 3 is 2.68 bits per heavy atom. The zero-order chi connectivity index (χ0) is 19.7. The fourth-order valence-electron chi connectivity index (χ4n) is 3.58. The summed E-state index contributed by atoms with van der Waals surface area (Å²) in [7, 11) is 0. The van der Waals surface area contributed by atoms with Crippen molar-refractivity contribution >= 4 is 46.5 Å². The highest BCUT2D eigenvalue weighted by atomic mass is 35.5. The molecule has 144 valence electrons. The van der Waals surface area contributed by atoms with Crippen LogP contribution in [0.3, 0.4) is 0 Å². The third kappa shape index (κ3) is 3.55. The quantitative estimate of drug-likeness (QED) is 0.627. The number of nitrogens with one attached hydrogen (secondary N) is 1. The minimum absolute atomic E-state index is 0.0790. The highest BCUT2D eigenvalue weighted by molar-refractivity contribution is 7.98. The number of rotatable bonds is 4. The van der Waals surface area contributed by atoms with Gasteiger partial charge in [-0.15, -0.1) is 0 Å². The van der Waals surface area contributed by atoms with Crippen molar-refractivity contribution in [2.24, 2.45) is 0 Å².